The Hall–Kier alpha value is -3.87. The van der Waals surface area contributed by atoms with E-state index in [0.29, 0.717) is 12.2 Å². The van der Waals surface area contributed by atoms with E-state index < -0.39 is 11.7 Å². The fourth-order valence-corrected chi connectivity index (χ4v) is 2.70. The van der Waals surface area contributed by atoms with E-state index in [4.69, 9.17) is 0 Å². The number of aromatic nitrogens is 4. The minimum absolute atomic E-state index is 0.0808. The van der Waals surface area contributed by atoms with Gasteiger partial charge in [-0.1, -0.05) is 48.5 Å². The van der Waals surface area contributed by atoms with Crippen LogP contribution in [0.4, 0.5) is 10.3 Å². The SMILES string of the molecule is O=C(c1ccccc1F)n1nc(-c2ccccn2)nc1NCc1ccccc1. The van der Waals surface area contributed by atoms with E-state index in [1.807, 2.05) is 30.3 Å². The number of pyridine rings is 1. The lowest BCUT2D eigenvalue weighted by molar-refractivity contribution is 0.0943. The van der Waals surface area contributed by atoms with Gasteiger partial charge in [-0.15, -0.1) is 5.10 Å². The molecule has 0 amide bonds. The van der Waals surface area contributed by atoms with Gasteiger partial charge in [-0.3, -0.25) is 9.78 Å². The molecular formula is C21H16FN5O. The van der Waals surface area contributed by atoms with Crippen LogP contribution in [0, 0.1) is 5.82 Å². The summed E-state index contributed by atoms with van der Waals surface area (Å²) in [6.07, 6.45) is 1.62. The van der Waals surface area contributed by atoms with E-state index in [9.17, 15) is 9.18 Å². The Morgan fingerprint density at radius 2 is 1.71 bits per heavy atom. The molecule has 0 saturated carbocycles. The van der Waals surface area contributed by atoms with Gasteiger partial charge in [0.25, 0.3) is 5.91 Å². The molecule has 0 spiro atoms. The molecule has 0 radical (unpaired) electrons. The van der Waals surface area contributed by atoms with Crippen LogP contribution < -0.4 is 5.32 Å². The molecule has 0 atom stereocenters. The van der Waals surface area contributed by atoms with Crippen molar-refractivity contribution >= 4 is 11.9 Å². The zero-order chi connectivity index (χ0) is 19.3. The van der Waals surface area contributed by atoms with E-state index in [0.717, 1.165) is 10.2 Å². The molecule has 0 aliphatic carbocycles. The quantitative estimate of drug-likeness (QED) is 0.576. The standard InChI is InChI=1S/C21H16FN5O/c22-17-11-5-4-10-16(17)20(28)27-21(24-14-15-8-2-1-3-9-15)25-19(26-27)18-12-6-7-13-23-18/h1-13H,14H2,(H,24,25,26). The maximum absolute atomic E-state index is 14.1. The first-order valence-electron chi connectivity index (χ1n) is 8.68. The minimum atomic E-state index is -0.614. The minimum Gasteiger partial charge on any atom is -0.350 e. The van der Waals surface area contributed by atoms with Gasteiger partial charge in [0, 0.05) is 12.7 Å². The number of nitrogens with one attached hydrogen (secondary N) is 1. The Bertz CT molecular complexity index is 1100. The molecule has 28 heavy (non-hydrogen) atoms. The van der Waals surface area contributed by atoms with Crippen molar-refractivity contribution in [3.63, 3.8) is 0 Å². The first-order valence-corrected chi connectivity index (χ1v) is 8.68. The summed E-state index contributed by atoms with van der Waals surface area (Å²) in [5.41, 5.74) is 1.45. The third kappa shape index (κ3) is 3.64. The Balaban J connectivity index is 1.71. The van der Waals surface area contributed by atoms with E-state index in [2.05, 4.69) is 20.4 Å². The Labute approximate surface area is 160 Å². The van der Waals surface area contributed by atoms with Crippen LogP contribution in [0.3, 0.4) is 0 Å². The second-order valence-corrected chi connectivity index (χ2v) is 6.01. The molecule has 4 aromatic rings. The van der Waals surface area contributed by atoms with Gasteiger partial charge in [0.05, 0.1) is 5.56 Å². The second kappa shape index (κ2) is 7.79. The van der Waals surface area contributed by atoms with Crippen LogP contribution >= 0.6 is 0 Å². The van der Waals surface area contributed by atoms with Gasteiger partial charge in [0.1, 0.15) is 11.5 Å². The van der Waals surface area contributed by atoms with E-state index in [-0.39, 0.29) is 17.3 Å². The molecule has 0 saturated heterocycles. The molecule has 7 heteroatoms. The summed E-state index contributed by atoms with van der Waals surface area (Å²) < 4.78 is 15.2. The molecule has 2 heterocycles. The summed E-state index contributed by atoms with van der Waals surface area (Å²) in [4.78, 5) is 21.5. The predicted molar refractivity (Wildman–Crippen MR) is 103 cm³/mol. The average molecular weight is 373 g/mol. The van der Waals surface area contributed by atoms with Crippen LogP contribution in [-0.2, 0) is 6.54 Å². The summed E-state index contributed by atoms with van der Waals surface area (Å²) in [6, 6.07) is 20.8. The highest BCUT2D eigenvalue weighted by Crippen LogP contribution is 2.18. The van der Waals surface area contributed by atoms with Gasteiger partial charge < -0.3 is 5.32 Å². The normalized spacial score (nSPS) is 10.6. The fraction of sp³-hybridized carbons (Fsp3) is 0.0476. The molecule has 0 fully saturated rings. The van der Waals surface area contributed by atoms with Crippen molar-refractivity contribution in [2.75, 3.05) is 5.32 Å². The lowest BCUT2D eigenvalue weighted by Crippen LogP contribution is -2.18. The van der Waals surface area contributed by atoms with Crippen LogP contribution in [0.25, 0.3) is 11.5 Å². The molecule has 2 aromatic carbocycles. The van der Waals surface area contributed by atoms with Gasteiger partial charge in [-0.25, -0.2) is 4.39 Å². The van der Waals surface area contributed by atoms with Gasteiger partial charge in [-0.05, 0) is 29.8 Å². The molecule has 0 aliphatic rings. The predicted octanol–water partition coefficient (Wildman–Crippen LogP) is 3.78. The van der Waals surface area contributed by atoms with Crippen LogP contribution in [0.1, 0.15) is 15.9 Å². The Morgan fingerprint density at radius 1 is 0.964 bits per heavy atom. The Kier molecular flexibility index (Phi) is 4.88. The number of halogens is 1. The summed E-state index contributed by atoms with van der Waals surface area (Å²) >= 11 is 0. The summed E-state index contributed by atoms with van der Waals surface area (Å²) in [5.74, 6) is -0.724. The van der Waals surface area contributed by atoms with Crippen molar-refractivity contribution in [2.24, 2.45) is 0 Å². The van der Waals surface area contributed by atoms with E-state index >= 15 is 0 Å². The molecule has 1 N–H and O–H groups in total. The van der Waals surface area contributed by atoms with Crippen LogP contribution in [0.2, 0.25) is 0 Å². The molecule has 138 valence electrons. The van der Waals surface area contributed by atoms with Crippen LogP contribution in [-0.4, -0.2) is 25.7 Å². The molecular weight excluding hydrogens is 357 g/mol. The number of carbonyl (C=O) groups excluding carboxylic acids is 1. The topological polar surface area (TPSA) is 72.7 Å². The Morgan fingerprint density at radius 3 is 2.46 bits per heavy atom. The number of hydrogen-bond donors (Lipinski definition) is 1. The highest BCUT2D eigenvalue weighted by atomic mass is 19.1. The van der Waals surface area contributed by atoms with Crippen molar-refractivity contribution < 1.29 is 9.18 Å². The number of anilines is 1. The smallest absolute Gasteiger partial charge is 0.284 e. The highest BCUT2D eigenvalue weighted by molar-refractivity contribution is 5.97. The second-order valence-electron chi connectivity index (χ2n) is 6.01. The maximum atomic E-state index is 14.1. The van der Waals surface area contributed by atoms with E-state index in [1.165, 1.54) is 18.2 Å². The van der Waals surface area contributed by atoms with Crippen molar-refractivity contribution in [3.8, 4) is 11.5 Å². The van der Waals surface area contributed by atoms with Crippen molar-refractivity contribution in [1.29, 1.82) is 0 Å². The third-order valence-electron chi connectivity index (χ3n) is 4.09. The lowest BCUT2D eigenvalue weighted by Gasteiger charge is -2.07. The van der Waals surface area contributed by atoms with Gasteiger partial charge in [-0.2, -0.15) is 9.67 Å². The van der Waals surface area contributed by atoms with Crippen molar-refractivity contribution in [1.82, 2.24) is 19.7 Å². The molecule has 0 aliphatic heterocycles. The van der Waals surface area contributed by atoms with Crippen molar-refractivity contribution in [2.45, 2.75) is 6.54 Å². The molecule has 0 unspecified atom stereocenters. The van der Waals surface area contributed by atoms with Gasteiger partial charge >= 0.3 is 0 Å². The first-order chi connectivity index (χ1) is 13.7. The number of carbonyl (C=O) groups is 1. The lowest BCUT2D eigenvalue weighted by atomic mass is 10.2. The largest absolute Gasteiger partial charge is 0.350 e. The maximum Gasteiger partial charge on any atom is 0.284 e. The zero-order valence-electron chi connectivity index (χ0n) is 14.8. The summed E-state index contributed by atoms with van der Waals surface area (Å²) in [6.45, 7) is 0.436. The average Bonchev–Trinajstić information content (AvgIpc) is 3.18. The monoisotopic (exact) mass is 373 g/mol. The van der Waals surface area contributed by atoms with Crippen LogP contribution in [0.15, 0.2) is 79.0 Å². The summed E-state index contributed by atoms with van der Waals surface area (Å²) in [5, 5.41) is 7.38. The number of rotatable bonds is 5. The first kappa shape index (κ1) is 17.5. The molecule has 2 aromatic heterocycles. The van der Waals surface area contributed by atoms with Crippen molar-refractivity contribution in [3.05, 3.63) is 95.9 Å². The van der Waals surface area contributed by atoms with E-state index in [1.54, 1.807) is 30.5 Å². The highest BCUT2D eigenvalue weighted by Gasteiger charge is 2.21. The number of hydrogen-bond acceptors (Lipinski definition) is 5. The third-order valence-corrected chi connectivity index (χ3v) is 4.09. The molecule has 0 bridgehead atoms. The molecule has 4 rings (SSSR count). The number of nitrogens with zero attached hydrogens (tertiary/aromatic N) is 4. The summed E-state index contributed by atoms with van der Waals surface area (Å²) in [7, 11) is 0. The molecule has 6 nitrogen and oxygen atoms in total. The van der Waals surface area contributed by atoms with Gasteiger partial charge in [0.15, 0.2) is 0 Å². The number of benzene rings is 2. The zero-order valence-corrected chi connectivity index (χ0v) is 14.8. The van der Waals surface area contributed by atoms with Gasteiger partial charge in [0.2, 0.25) is 11.8 Å². The fourth-order valence-electron chi connectivity index (χ4n) is 2.70. The van der Waals surface area contributed by atoms with Crippen LogP contribution in [0.5, 0.6) is 0 Å².